The van der Waals surface area contributed by atoms with Crippen molar-refractivity contribution in [1.82, 2.24) is 10.2 Å². The Morgan fingerprint density at radius 3 is 2.67 bits per heavy atom. The molecule has 2 aromatic rings. The zero-order chi connectivity index (χ0) is 13.0. The van der Waals surface area contributed by atoms with Crippen molar-refractivity contribution in [1.29, 1.82) is 0 Å². The molecule has 96 valence electrons. The zero-order valence-electron chi connectivity index (χ0n) is 10.8. The topological polar surface area (TPSA) is 58.0 Å². The van der Waals surface area contributed by atoms with Crippen LogP contribution in [-0.2, 0) is 0 Å². The van der Waals surface area contributed by atoms with Gasteiger partial charge in [0.2, 0.25) is 0 Å². The summed E-state index contributed by atoms with van der Waals surface area (Å²) in [6, 6.07) is 8.12. The summed E-state index contributed by atoms with van der Waals surface area (Å²) in [5, 5.41) is 22.8. The van der Waals surface area contributed by atoms with Gasteiger partial charge in [0, 0.05) is 23.9 Å². The first-order valence-corrected chi connectivity index (χ1v) is 6.29. The number of rotatable bonds is 5. The van der Waals surface area contributed by atoms with Gasteiger partial charge in [-0.2, -0.15) is 5.10 Å². The molecule has 1 aromatic heterocycles. The molecule has 0 aliphatic rings. The third-order valence-electron chi connectivity index (χ3n) is 3.11. The molecule has 2 rings (SSSR count). The summed E-state index contributed by atoms with van der Waals surface area (Å²) in [7, 11) is 0. The summed E-state index contributed by atoms with van der Waals surface area (Å²) in [5.74, 6) is 1.23. The van der Waals surface area contributed by atoms with Gasteiger partial charge in [0.1, 0.15) is 0 Å². The van der Waals surface area contributed by atoms with Crippen LogP contribution in [0.2, 0.25) is 0 Å². The average Bonchev–Trinajstić information content (AvgIpc) is 2.39. The number of fused-ring (bicyclic) bond motifs is 1. The lowest BCUT2D eigenvalue weighted by atomic mass is 10.1. The predicted octanol–water partition coefficient (Wildman–Crippen LogP) is 2.37. The maximum atomic E-state index is 8.89. The molecule has 1 atom stereocenters. The first kappa shape index (κ1) is 12.8. The second-order valence-electron chi connectivity index (χ2n) is 4.68. The highest BCUT2D eigenvalue weighted by atomic mass is 16.3. The van der Waals surface area contributed by atoms with E-state index >= 15 is 0 Å². The number of aliphatic hydroxyl groups is 1. The lowest BCUT2D eigenvalue weighted by Gasteiger charge is -2.13. The molecule has 2 N–H and O–H groups in total. The molecule has 0 aliphatic carbocycles. The average molecular weight is 245 g/mol. The van der Waals surface area contributed by atoms with E-state index in [-0.39, 0.29) is 6.61 Å². The lowest BCUT2D eigenvalue weighted by molar-refractivity contribution is 0.266. The van der Waals surface area contributed by atoms with E-state index in [4.69, 9.17) is 5.11 Å². The van der Waals surface area contributed by atoms with E-state index in [1.807, 2.05) is 19.1 Å². The highest BCUT2D eigenvalue weighted by Crippen LogP contribution is 2.22. The van der Waals surface area contributed by atoms with Gasteiger partial charge in [-0.05, 0) is 19.3 Å². The third-order valence-corrected chi connectivity index (χ3v) is 3.11. The fraction of sp³-hybridized carbons (Fsp3) is 0.429. The quantitative estimate of drug-likeness (QED) is 0.849. The predicted molar refractivity (Wildman–Crippen MR) is 73.6 cm³/mol. The Bertz CT molecular complexity index is 527. The van der Waals surface area contributed by atoms with Gasteiger partial charge in [0.25, 0.3) is 0 Å². The summed E-state index contributed by atoms with van der Waals surface area (Å²) in [6.07, 6.45) is 0.796. The Kier molecular flexibility index (Phi) is 4.10. The normalized spacial score (nSPS) is 12.6. The van der Waals surface area contributed by atoms with Crippen LogP contribution in [0.1, 0.15) is 19.0 Å². The molecule has 0 radical (unpaired) electrons. The van der Waals surface area contributed by atoms with Crippen LogP contribution in [0.25, 0.3) is 10.8 Å². The Balaban J connectivity index is 2.21. The Labute approximate surface area is 107 Å². The van der Waals surface area contributed by atoms with Crippen LogP contribution in [0.4, 0.5) is 5.82 Å². The number of hydrogen-bond acceptors (Lipinski definition) is 4. The van der Waals surface area contributed by atoms with E-state index in [9.17, 15) is 0 Å². The minimum Gasteiger partial charge on any atom is -0.396 e. The molecule has 0 saturated heterocycles. The molecule has 0 fully saturated rings. The molecule has 18 heavy (non-hydrogen) atoms. The van der Waals surface area contributed by atoms with Gasteiger partial charge < -0.3 is 10.4 Å². The van der Waals surface area contributed by atoms with Crippen LogP contribution in [0.3, 0.4) is 0 Å². The van der Waals surface area contributed by atoms with Crippen LogP contribution in [0.15, 0.2) is 24.3 Å². The SMILES string of the molecule is Cc1nnc(NCC(C)CCO)c2ccccc12. The molecule has 0 aliphatic heterocycles. The first-order chi connectivity index (χ1) is 8.72. The molecule has 0 saturated carbocycles. The van der Waals surface area contributed by atoms with E-state index in [1.165, 1.54) is 0 Å². The molecular weight excluding hydrogens is 226 g/mol. The van der Waals surface area contributed by atoms with Gasteiger partial charge in [0.15, 0.2) is 5.82 Å². The number of aliphatic hydroxyl groups excluding tert-OH is 1. The van der Waals surface area contributed by atoms with E-state index in [0.29, 0.717) is 5.92 Å². The minimum atomic E-state index is 0.225. The van der Waals surface area contributed by atoms with E-state index in [2.05, 4.69) is 34.6 Å². The number of hydrogen-bond donors (Lipinski definition) is 2. The van der Waals surface area contributed by atoms with Crippen molar-refractivity contribution >= 4 is 16.6 Å². The number of aromatic nitrogens is 2. The van der Waals surface area contributed by atoms with Crippen molar-refractivity contribution in [2.45, 2.75) is 20.3 Å². The lowest BCUT2D eigenvalue weighted by Crippen LogP contribution is -2.14. The van der Waals surface area contributed by atoms with Crippen molar-refractivity contribution in [3.05, 3.63) is 30.0 Å². The van der Waals surface area contributed by atoms with Gasteiger partial charge in [0.05, 0.1) is 5.69 Å². The van der Waals surface area contributed by atoms with Gasteiger partial charge in [-0.1, -0.05) is 31.2 Å². The number of anilines is 1. The fourth-order valence-electron chi connectivity index (χ4n) is 1.96. The molecule has 1 unspecified atom stereocenters. The van der Waals surface area contributed by atoms with Crippen LogP contribution < -0.4 is 5.32 Å². The van der Waals surface area contributed by atoms with Gasteiger partial charge in [-0.25, -0.2) is 0 Å². The van der Waals surface area contributed by atoms with Gasteiger partial charge in [-0.3, -0.25) is 0 Å². The van der Waals surface area contributed by atoms with Crippen molar-refractivity contribution in [3.8, 4) is 0 Å². The van der Waals surface area contributed by atoms with Crippen molar-refractivity contribution < 1.29 is 5.11 Å². The molecule has 0 bridgehead atoms. The molecule has 1 aromatic carbocycles. The summed E-state index contributed by atoms with van der Waals surface area (Å²) in [4.78, 5) is 0. The number of nitrogens with one attached hydrogen (secondary N) is 1. The summed E-state index contributed by atoms with van der Waals surface area (Å²) in [6.45, 7) is 5.09. The second-order valence-corrected chi connectivity index (χ2v) is 4.68. The van der Waals surface area contributed by atoms with Crippen LogP contribution >= 0.6 is 0 Å². The molecular formula is C14H19N3O. The maximum absolute atomic E-state index is 8.89. The second kappa shape index (κ2) is 5.78. The summed E-state index contributed by atoms with van der Waals surface area (Å²) >= 11 is 0. The van der Waals surface area contributed by atoms with E-state index in [1.54, 1.807) is 0 Å². The smallest absolute Gasteiger partial charge is 0.156 e. The Hall–Kier alpha value is -1.68. The van der Waals surface area contributed by atoms with E-state index in [0.717, 1.165) is 35.2 Å². The minimum absolute atomic E-state index is 0.225. The van der Waals surface area contributed by atoms with Crippen molar-refractivity contribution in [3.63, 3.8) is 0 Å². The fourth-order valence-corrected chi connectivity index (χ4v) is 1.96. The highest BCUT2D eigenvalue weighted by Gasteiger charge is 2.07. The van der Waals surface area contributed by atoms with Crippen molar-refractivity contribution in [2.24, 2.45) is 5.92 Å². The number of benzene rings is 1. The number of aryl methyl sites for hydroxylation is 1. The third kappa shape index (κ3) is 2.76. The van der Waals surface area contributed by atoms with Crippen LogP contribution in [0, 0.1) is 12.8 Å². The van der Waals surface area contributed by atoms with E-state index < -0.39 is 0 Å². The van der Waals surface area contributed by atoms with Crippen LogP contribution in [0.5, 0.6) is 0 Å². The zero-order valence-corrected chi connectivity index (χ0v) is 10.8. The standard InChI is InChI=1S/C14H19N3O/c1-10(7-8-18)9-15-14-13-6-4-3-5-12(13)11(2)16-17-14/h3-6,10,18H,7-9H2,1-2H3,(H,15,17). The molecule has 4 nitrogen and oxygen atoms in total. The molecule has 1 heterocycles. The monoisotopic (exact) mass is 245 g/mol. The number of nitrogens with zero attached hydrogens (tertiary/aromatic N) is 2. The summed E-state index contributed by atoms with van der Waals surface area (Å²) in [5.41, 5.74) is 0.944. The maximum Gasteiger partial charge on any atom is 0.156 e. The van der Waals surface area contributed by atoms with Gasteiger partial charge >= 0.3 is 0 Å². The largest absolute Gasteiger partial charge is 0.396 e. The van der Waals surface area contributed by atoms with Crippen molar-refractivity contribution in [2.75, 3.05) is 18.5 Å². The Morgan fingerprint density at radius 2 is 1.94 bits per heavy atom. The summed E-state index contributed by atoms with van der Waals surface area (Å²) < 4.78 is 0. The molecule has 0 amide bonds. The first-order valence-electron chi connectivity index (χ1n) is 6.29. The molecule has 0 spiro atoms. The molecule has 4 heteroatoms. The van der Waals surface area contributed by atoms with Crippen LogP contribution in [-0.4, -0.2) is 28.5 Å². The van der Waals surface area contributed by atoms with Gasteiger partial charge in [-0.15, -0.1) is 5.10 Å². The highest BCUT2D eigenvalue weighted by molar-refractivity contribution is 5.92. The Morgan fingerprint density at radius 1 is 1.22 bits per heavy atom.